The number of carbonyl (C=O) groups excluding carboxylic acids is 3. The van der Waals surface area contributed by atoms with Crippen LogP contribution in [0.1, 0.15) is 30.1 Å². The van der Waals surface area contributed by atoms with Gasteiger partial charge in [0.1, 0.15) is 6.04 Å². The summed E-state index contributed by atoms with van der Waals surface area (Å²) in [5.41, 5.74) is 0.490. The molecule has 0 N–H and O–H groups in total. The number of fused-ring (bicyclic) bond motifs is 1. The number of benzene rings is 1. The second-order valence-corrected chi connectivity index (χ2v) is 8.22. The quantitative estimate of drug-likeness (QED) is 0.577. The number of ketones is 1. The van der Waals surface area contributed by atoms with Gasteiger partial charge in [-0.2, -0.15) is 0 Å². The number of Topliss-reactive ketones (excluding diaryl/α,β-unsaturated/α-hetero) is 1. The van der Waals surface area contributed by atoms with Gasteiger partial charge in [0, 0.05) is 22.2 Å². The monoisotopic (exact) mass is 397 g/mol. The lowest BCUT2D eigenvalue weighted by atomic mass is 10.1. The van der Waals surface area contributed by atoms with E-state index in [4.69, 9.17) is 4.74 Å². The van der Waals surface area contributed by atoms with Crippen LogP contribution in [0.15, 0.2) is 28.7 Å². The van der Waals surface area contributed by atoms with Crippen molar-refractivity contribution in [1.82, 2.24) is 4.90 Å². The molecule has 2 aliphatic rings. The summed E-state index contributed by atoms with van der Waals surface area (Å²) in [6.45, 7) is 1.67. The van der Waals surface area contributed by atoms with E-state index in [-0.39, 0.29) is 23.2 Å². The molecule has 7 heteroatoms. The number of thioether (sulfide) groups is 1. The molecule has 1 aromatic rings. The third-order valence-electron chi connectivity index (χ3n) is 4.23. The lowest BCUT2D eigenvalue weighted by molar-refractivity contribution is -0.152. The van der Waals surface area contributed by atoms with E-state index in [0.29, 0.717) is 17.7 Å². The van der Waals surface area contributed by atoms with Crippen molar-refractivity contribution in [3.05, 3.63) is 34.3 Å². The summed E-state index contributed by atoms with van der Waals surface area (Å²) in [5.74, 6) is -0.249. The Labute approximate surface area is 146 Å². The molecule has 2 saturated heterocycles. The Kier molecular flexibility index (Phi) is 4.51. The van der Waals surface area contributed by atoms with Crippen molar-refractivity contribution in [3.63, 3.8) is 0 Å². The lowest BCUT2D eigenvalue weighted by Gasteiger charge is -2.29. The molecule has 2 atom stereocenters. The fourth-order valence-corrected chi connectivity index (χ4v) is 4.63. The molecule has 0 radical (unpaired) electrons. The average molecular weight is 398 g/mol. The van der Waals surface area contributed by atoms with E-state index in [0.717, 1.165) is 10.9 Å². The standard InChI is InChI=1S/C16H16BrNO4S/c1-16-7-6-14(20)18(16)12(9-23-16)15(21)22-8-13(19)10-2-4-11(17)5-3-10/h2-5,12H,6-9H2,1H3/t12-,16+/m0/s1. The summed E-state index contributed by atoms with van der Waals surface area (Å²) < 4.78 is 6.04. The largest absolute Gasteiger partial charge is 0.456 e. The number of hydrogen-bond acceptors (Lipinski definition) is 5. The van der Waals surface area contributed by atoms with Gasteiger partial charge in [-0.05, 0) is 25.5 Å². The number of amides is 1. The molecule has 23 heavy (non-hydrogen) atoms. The normalized spacial score (nSPS) is 26.3. The van der Waals surface area contributed by atoms with E-state index in [1.54, 1.807) is 40.9 Å². The number of esters is 1. The highest BCUT2D eigenvalue weighted by Crippen LogP contribution is 2.47. The first-order chi connectivity index (χ1) is 10.9. The van der Waals surface area contributed by atoms with E-state index in [2.05, 4.69) is 15.9 Å². The zero-order chi connectivity index (χ0) is 16.6. The number of carbonyl (C=O) groups is 3. The van der Waals surface area contributed by atoms with E-state index in [1.807, 2.05) is 6.92 Å². The predicted octanol–water partition coefficient (Wildman–Crippen LogP) is 2.63. The van der Waals surface area contributed by atoms with Gasteiger partial charge in [-0.1, -0.05) is 28.1 Å². The lowest BCUT2D eigenvalue weighted by Crippen LogP contribution is -2.46. The molecule has 122 valence electrons. The molecule has 0 bridgehead atoms. The van der Waals surface area contributed by atoms with Crippen molar-refractivity contribution in [3.8, 4) is 0 Å². The molecular weight excluding hydrogens is 382 g/mol. The molecular formula is C16H16BrNO4S. The summed E-state index contributed by atoms with van der Waals surface area (Å²) in [5, 5.41) is 0. The fraction of sp³-hybridized carbons (Fsp3) is 0.438. The Morgan fingerprint density at radius 1 is 1.39 bits per heavy atom. The van der Waals surface area contributed by atoms with Crippen LogP contribution in [0.2, 0.25) is 0 Å². The van der Waals surface area contributed by atoms with Gasteiger partial charge >= 0.3 is 5.97 Å². The Bertz CT molecular complexity index is 663. The zero-order valence-electron chi connectivity index (χ0n) is 12.6. The van der Waals surface area contributed by atoms with Crippen molar-refractivity contribution in [2.24, 2.45) is 0 Å². The van der Waals surface area contributed by atoms with Crippen molar-refractivity contribution in [1.29, 1.82) is 0 Å². The van der Waals surface area contributed by atoms with Crippen LogP contribution in [0.5, 0.6) is 0 Å². The smallest absolute Gasteiger partial charge is 0.330 e. The number of nitrogens with zero attached hydrogens (tertiary/aromatic N) is 1. The van der Waals surface area contributed by atoms with Gasteiger partial charge in [0.05, 0.1) is 4.87 Å². The highest BCUT2D eigenvalue weighted by atomic mass is 79.9. The highest BCUT2D eigenvalue weighted by molar-refractivity contribution is 9.10. The molecule has 2 heterocycles. The Morgan fingerprint density at radius 3 is 2.78 bits per heavy atom. The fourth-order valence-electron chi connectivity index (χ4n) is 2.95. The van der Waals surface area contributed by atoms with Gasteiger partial charge in [-0.25, -0.2) is 4.79 Å². The summed E-state index contributed by atoms with van der Waals surface area (Å²) in [6.07, 6.45) is 1.21. The SMILES string of the molecule is C[C@@]12CCC(=O)N1[C@H](C(=O)OCC(=O)c1ccc(Br)cc1)CS2. The van der Waals surface area contributed by atoms with Gasteiger partial charge in [0.2, 0.25) is 5.91 Å². The number of halogens is 1. The molecule has 0 spiro atoms. The van der Waals surface area contributed by atoms with E-state index < -0.39 is 12.0 Å². The summed E-state index contributed by atoms with van der Waals surface area (Å²) >= 11 is 4.90. The highest BCUT2D eigenvalue weighted by Gasteiger charge is 2.53. The molecule has 0 aliphatic carbocycles. The molecule has 2 aliphatic heterocycles. The Hall–Kier alpha value is -1.34. The molecule has 2 fully saturated rings. The van der Waals surface area contributed by atoms with Crippen LogP contribution in [0, 0.1) is 0 Å². The number of ether oxygens (including phenoxy) is 1. The summed E-state index contributed by atoms with van der Waals surface area (Å²) in [7, 11) is 0. The number of rotatable bonds is 4. The molecule has 0 aromatic heterocycles. The average Bonchev–Trinajstić information content (AvgIpc) is 3.02. The minimum Gasteiger partial charge on any atom is -0.456 e. The number of hydrogen-bond donors (Lipinski definition) is 0. The van der Waals surface area contributed by atoms with Crippen LogP contribution in [0.25, 0.3) is 0 Å². The van der Waals surface area contributed by atoms with E-state index in [1.165, 1.54) is 0 Å². The van der Waals surface area contributed by atoms with Gasteiger partial charge in [-0.3, -0.25) is 9.59 Å². The van der Waals surface area contributed by atoms with Crippen LogP contribution in [-0.4, -0.2) is 45.8 Å². The van der Waals surface area contributed by atoms with Crippen molar-refractivity contribution < 1.29 is 19.1 Å². The van der Waals surface area contributed by atoms with E-state index >= 15 is 0 Å². The zero-order valence-corrected chi connectivity index (χ0v) is 15.0. The molecule has 0 unspecified atom stereocenters. The minimum absolute atomic E-state index is 0.0151. The molecule has 1 aromatic carbocycles. The van der Waals surface area contributed by atoms with Crippen molar-refractivity contribution in [2.45, 2.75) is 30.7 Å². The minimum atomic E-state index is -0.585. The van der Waals surface area contributed by atoms with Crippen LogP contribution >= 0.6 is 27.7 Å². The second kappa shape index (κ2) is 6.28. The van der Waals surface area contributed by atoms with Crippen LogP contribution in [0.3, 0.4) is 0 Å². The van der Waals surface area contributed by atoms with Gasteiger partial charge in [0.15, 0.2) is 12.4 Å². The van der Waals surface area contributed by atoms with Gasteiger partial charge in [-0.15, -0.1) is 11.8 Å². The van der Waals surface area contributed by atoms with Gasteiger partial charge < -0.3 is 9.64 Å². The second-order valence-electron chi connectivity index (χ2n) is 5.80. The maximum Gasteiger partial charge on any atom is 0.330 e. The first-order valence-corrected chi connectivity index (χ1v) is 9.10. The first kappa shape index (κ1) is 16.5. The maximum atomic E-state index is 12.3. The van der Waals surface area contributed by atoms with Crippen LogP contribution in [0.4, 0.5) is 0 Å². The molecule has 0 saturated carbocycles. The topological polar surface area (TPSA) is 63.7 Å². The van der Waals surface area contributed by atoms with Crippen LogP contribution < -0.4 is 0 Å². The Balaban J connectivity index is 1.60. The maximum absolute atomic E-state index is 12.3. The summed E-state index contributed by atoms with van der Waals surface area (Å²) in [4.78, 5) is 37.6. The van der Waals surface area contributed by atoms with Gasteiger partial charge in [0.25, 0.3) is 0 Å². The van der Waals surface area contributed by atoms with Crippen molar-refractivity contribution in [2.75, 3.05) is 12.4 Å². The van der Waals surface area contributed by atoms with Crippen molar-refractivity contribution >= 4 is 45.4 Å². The summed E-state index contributed by atoms with van der Waals surface area (Å²) in [6, 6.07) is 6.28. The first-order valence-electron chi connectivity index (χ1n) is 7.32. The third kappa shape index (κ3) is 3.17. The third-order valence-corrected chi connectivity index (χ3v) is 6.26. The molecule has 5 nitrogen and oxygen atoms in total. The predicted molar refractivity (Wildman–Crippen MR) is 90.2 cm³/mol. The van der Waals surface area contributed by atoms with Crippen LogP contribution in [-0.2, 0) is 14.3 Å². The molecule has 1 amide bonds. The Morgan fingerprint density at radius 2 is 2.09 bits per heavy atom. The van der Waals surface area contributed by atoms with E-state index in [9.17, 15) is 14.4 Å². The molecule has 3 rings (SSSR count).